The first-order valence-corrected chi connectivity index (χ1v) is 8.38. The molecule has 0 unspecified atom stereocenters. The van der Waals surface area contributed by atoms with E-state index < -0.39 is 6.10 Å². The standard InChI is InChI=1S/C17H22N4O2/c22-15-11-21(10-14(15)20-8-4-1-5-9-20)17(23)16-12-6-2-3-7-13(12)18-19-16/h2-3,6-7,14-15,22H,1,4-5,8-11H2,(H,18,19)/t14-,15-/m0/s1. The van der Waals surface area contributed by atoms with Gasteiger partial charge in [-0.15, -0.1) is 0 Å². The number of likely N-dealkylation sites (tertiary alicyclic amines) is 2. The minimum absolute atomic E-state index is 0.0597. The lowest BCUT2D eigenvalue weighted by Gasteiger charge is -2.33. The Bertz CT molecular complexity index is 707. The third-order valence-electron chi connectivity index (χ3n) is 5.08. The van der Waals surface area contributed by atoms with E-state index in [4.69, 9.17) is 0 Å². The lowest BCUT2D eigenvalue weighted by molar-refractivity contribution is 0.0702. The normalized spacial score (nSPS) is 26.0. The number of H-pyrrole nitrogens is 1. The maximum Gasteiger partial charge on any atom is 0.275 e. The summed E-state index contributed by atoms with van der Waals surface area (Å²) >= 11 is 0. The number of β-amino-alcohol motifs (C(OH)–C–C–N with tert-alkyl or cyclic N) is 1. The Balaban J connectivity index is 1.53. The highest BCUT2D eigenvalue weighted by atomic mass is 16.3. The summed E-state index contributed by atoms with van der Waals surface area (Å²) in [6.45, 7) is 3.02. The van der Waals surface area contributed by atoms with Gasteiger partial charge in [0, 0.05) is 18.5 Å². The smallest absolute Gasteiger partial charge is 0.275 e. The van der Waals surface area contributed by atoms with Gasteiger partial charge in [0.2, 0.25) is 0 Å². The van der Waals surface area contributed by atoms with Crippen molar-refractivity contribution in [1.82, 2.24) is 20.0 Å². The van der Waals surface area contributed by atoms with Crippen molar-refractivity contribution < 1.29 is 9.90 Å². The first kappa shape index (κ1) is 14.7. The van der Waals surface area contributed by atoms with Gasteiger partial charge in [-0.2, -0.15) is 5.10 Å². The number of amides is 1. The molecule has 4 rings (SSSR count). The van der Waals surface area contributed by atoms with Gasteiger partial charge < -0.3 is 10.0 Å². The number of aromatic nitrogens is 2. The second-order valence-corrected chi connectivity index (χ2v) is 6.56. The lowest BCUT2D eigenvalue weighted by atomic mass is 10.1. The third kappa shape index (κ3) is 2.62. The van der Waals surface area contributed by atoms with Crippen LogP contribution in [-0.4, -0.2) is 69.3 Å². The van der Waals surface area contributed by atoms with Crippen LogP contribution in [0.25, 0.3) is 10.9 Å². The zero-order chi connectivity index (χ0) is 15.8. The number of piperidine rings is 1. The quantitative estimate of drug-likeness (QED) is 0.874. The summed E-state index contributed by atoms with van der Waals surface area (Å²) in [5, 5.41) is 18.3. The number of nitrogens with one attached hydrogen (secondary N) is 1. The molecule has 0 aliphatic carbocycles. The van der Waals surface area contributed by atoms with Gasteiger partial charge in [-0.25, -0.2) is 0 Å². The summed E-state index contributed by atoms with van der Waals surface area (Å²) < 4.78 is 0. The molecule has 6 nitrogen and oxygen atoms in total. The van der Waals surface area contributed by atoms with Crippen LogP contribution < -0.4 is 0 Å². The van der Waals surface area contributed by atoms with Crippen LogP contribution in [0.4, 0.5) is 0 Å². The molecule has 2 fully saturated rings. The number of carbonyl (C=O) groups excluding carboxylic acids is 1. The van der Waals surface area contributed by atoms with E-state index in [0.29, 0.717) is 18.8 Å². The van der Waals surface area contributed by atoms with Crippen molar-refractivity contribution in [2.24, 2.45) is 0 Å². The predicted molar refractivity (Wildman–Crippen MR) is 87.2 cm³/mol. The zero-order valence-corrected chi connectivity index (χ0v) is 13.1. The number of para-hydroxylation sites is 1. The first-order chi connectivity index (χ1) is 11.2. The minimum atomic E-state index is -0.470. The van der Waals surface area contributed by atoms with Gasteiger partial charge >= 0.3 is 0 Å². The number of fused-ring (bicyclic) bond motifs is 1. The molecule has 1 amide bonds. The molecule has 2 aliphatic rings. The van der Waals surface area contributed by atoms with Gasteiger partial charge in [-0.05, 0) is 32.0 Å². The van der Waals surface area contributed by atoms with Crippen molar-refractivity contribution in [2.45, 2.75) is 31.4 Å². The highest BCUT2D eigenvalue weighted by Crippen LogP contribution is 2.24. The van der Waals surface area contributed by atoms with E-state index in [1.807, 2.05) is 24.3 Å². The number of aliphatic hydroxyl groups excluding tert-OH is 1. The summed E-state index contributed by atoms with van der Waals surface area (Å²) in [4.78, 5) is 16.9. The van der Waals surface area contributed by atoms with Crippen LogP contribution in [0, 0.1) is 0 Å². The maximum atomic E-state index is 12.8. The molecule has 0 spiro atoms. The Morgan fingerprint density at radius 3 is 2.78 bits per heavy atom. The number of aliphatic hydroxyl groups is 1. The fraction of sp³-hybridized carbons (Fsp3) is 0.529. The van der Waals surface area contributed by atoms with Crippen LogP contribution in [0.2, 0.25) is 0 Å². The van der Waals surface area contributed by atoms with Gasteiger partial charge in [0.05, 0.1) is 17.7 Å². The van der Waals surface area contributed by atoms with Crippen molar-refractivity contribution >= 4 is 16.8 Å². The second kappa shape index (κ2) is 5.94. The molecule has 6 heteroatoms. The summed E-state index contributed by atoms with van der Waals surface area (Å²) in [6, 6.07) is 7.70. The highest BCUT2D eigenvalue weighted by Gasteiger charge is 2.38. The molecule has 2 aliphatic heterocycles. The van der Waals surface area contributed by atoms with Crippen LogP contribution in [0.15, 0.2) is 24.3 Å². The Kier molecular flexibility index (Phi) is 3.79. The van der Waals surface area contributed by atoms with Crippen LogP contribution in [0.3, 0.4) is 0 Å². The van der Waals surface area contributed by atoms with Crippen LogP contribution in [0.5, 0.6) is 0 Å². The monoisotopic (exact) mass is 314 g/mol. The molecule has 3 heterocycles. The number of aromatic amines is 1. The average Bonchev–Trinajstić information content (AvgIpc) is 3.19. The van der Waals surface area contributed by atoms with E-state index in [9.17, 15) is 9.90 Å². The number of carbonyl (C=O) groups is 1. The predicted octanol–water partition coefficient (Wildman–Crippen LogP) is 1.23. The first-order valence-electron chi connectivity index (χ1n) is 8.38. The van der Waals surface area contributed by atoms with E-state index in [-0.39, 0.29) is 11.9 Å². The van der Waals surface area contributed by atoms with E-state index in [0.717, 1.165) is 24.0 Å². The molecule has 0 saturated carbocycles. The molecule has 0 radical (unpaired) electrons. The molecule has 1 aromatic carbocycles. The average molecular weight is 314 g/mol. The Morgan fingerprint density at radius 2 is 1.96 bits per heavy atom. The van der Waals surface area contributed by atoms with E-state index in [1.165, 1.54) is 19.3 Å². The topological polar surface area (TPSA) is 72.5 Å². The fourth-order valence-electron chi connectivity index (χ4n) is 3.82. The molecule has 2 atom stereocenters. The summed E-state index contributed by atoms with van der Waals surface area (Å²) in [5.74, 6) is -0.0963. The number of hydrogen-bond donors (Lipinski definition) is 2. The number of benzene rings is 1. The second-order valence-electron chi connectivity index (χ2n) is 6.56. The number of hydrogen-bond acceptors (Lipinski definition) is 4. The van der Waals surface area contributed by atoms with Crippen molar-refractivity contribution in [1.29, 1.82) is 0 Å². The molecular weight excluding hydrogens is 292 g/mol. The van der Waals surface area contributed by atoms with Gasteiger partial charge in [0.15, 0.2) is 5.69 Å². The molecule has 2 N–H and O–H groups in total. The van der Waals surface area contributed by atoms with Crippen molar-refractivity contribution in [3.05, 3.63) is 30.0 Å². The van der Waals surface area contributed by atoms with Crippen LogP contribution in [0.1, 0.15) is 29.8 Å². The molecular formula is C17H22N4O2. The zero-order valence-electron chi connectivity index (χ0n) is 13.1. The molecule has 0 bridgehead atoms. The Hall–Kier alpha value is -1.92. The SMILES string of the molecule is O=C(c1n[nH]c2ccccc12)N1C[C@H](O)[C@@H](N2CCCCC2)C1. The Labute approximate surface area is 135 Å². The van der Waals surface area contributed by atoms with Crippen LogP contribution >= 0.6 is 0 Å². The summed E-state index contributed by atoms with van der Waals surface area (Å²) in [5.41, 5.74) is 1.32. The summed E-state index contributed by atoms with van der Waals surface area (Å²) in [6.07, 6.45) is 3.16. The molecule has 122 valence electrons. The van der Waals surface area contributed by atoms with Gasteiger partial charge in [0.1, 0.15) is 0 Å². The lowest BCUT2D eigenvalue weighted by Crippen LogP contribution is -2.46. The van der Waals surface area contributed by atoms with E-state index in [2.05, 4.69) is 15.1 Å². The van der Waals surface area contributed by atoms with Crippen molar-refractivity contribution in [3.63, 3.8) is 0 Å². The van der Waals surface area contributed by atoms with Gasteiger partial charge in [-0.1, -0.05) is 24.6 Å². The summed E-state index contributed by atoms with van der Waals surface area (Å²) in [7, 11) is 0. The van der Waals surface area contributed by atoms with E-state index in [1.54, 1.807) is 4.90 Å². The molecule has 2 aromatic rings. The third-order valence-corrected chi connectivity index (χ3v) is 5.08. The van der Waals surface area contributed by atoms with Gasteiger partial charge in [-0.3, -0.25) is 14.8 Å². The van der Waals surface area contributed by atoms with Crippen molar-refractivity contribution in [3.8, 4) is 0 Å². The highest BCUT2D eigenvalue weighted by molar-refractivity contribution is 6.04. The number of rotatable bonds is 2. The van der Waals surface area contributed by atoms with Crippen LogP contribution in [-0.2, 0) is 0 Å². The largest absolute Gasteiger partial charge is 0.390 e. The van der Waals surface area contributed by atoms with E-state index >= 15 is 0 Å². The fourth-order valence-corrected chi connectivity index (χ4v) is 3.82. The molecule has 23 heavy (non-hydrogen) atoms. The van der Waals surface area contributed by atoms with Crippen molar-refractivity contribution in [2.75, 3.05) is 26.2 Å². The Morgan fingerprint density at radius 1 is 1.17 bits per heavy atom. The molecule has 1 aromatic heterocycles. The maximum absolute atomic E-state index is 12.8. The molecule has 2 saturated heterocycles. The minimum Gasteiger partial charge on any atom is -0.390 e. The number of nitrogens with zero attached hydrogens (tertiary/aromatic N) is 3. The van der Waals surface area contributed by atoms with Gasteiger partial charge in [0.25, 0.3) is 5.91 Å².